The molecule has 0 spiro atoms. The van der Waals surface area contributed by atoms with Crippen LogP contribution in [0.15, 0.2) is 12.4 Å². The van der Waals surface area contributed by atoms with Gasteiger partial charge in [-0.15, -0.1) is 0 Å². The molecule has 108 valence electrons. The van der Waals surface area contributed by atoms with Gasteiger partial charge in [0.1, 0.15) is 0 Å². The van der Waals surface area contributed by atoms with Gasteiger partial charge in [0, 0.05) is 35.2 Å². The molecule has 1 aliphatic carbocycles. The molecule has 4 rings (SSSR count). The standard InChI is InChI=1S/C19H22N2/c1-2-4-6-14-15(7-5-3-1)17-9-11-21-13-19(17)18-12-20-10-8-16(14)18/h8-13,20-21H,1-7H2. The SMILES string of the molecule is C1=Cc2c3c(c4c(c2=CN1)=CNC=C4)CCCCCCC3. The fourth-order valence-electron chi connectivity index (χ4n) is 3.86. The molecule has 2 heterocycles. The van der Waals surface area contributed by atoms with Gasteiger partial charge in [-0.2, -0.15) is 0 Å². The summed E-state index contributed by atoms with van der Waals surface area (Å²) in [5.74, 6) is 0. The summed E-state index contributed by atoms with van der Waals surface area (Å²) in [7, 11) is 0. The molecule has 1 aromatic carbocycles. The monoisotopic (exact) mass is 278 g/mol. The quantitative estimate of drug-likeness (QED) is 0.761. The Morgan fingerprint density at radius 2 is 1.10 bits per heavy atom. The predicted molar refractivity (Wildman–Crippen MR) is 89.5 cm³/mol. The average Bonchev–Trinajstić information content (AvgIpc) is 2.67. The van der Waals surface area contributed by atoms with Crippen molar-refractivity contribution in [3.05, 3.63) is 45.1 Å². The van der Waals surface area contributed by atoms with Gasteiger partial charge in [-0.25, -0.2) is 0 Å². The van der Waals surface area contributed by atoms with Crippen LogP contribution in [0, 0.1) is 0 Å². The molecular weight excluding hydrogens is 256 g/mol. The highest BCUT2D eigenvalue weighted by atomic mass is 14.8. The van der Waals surface area contributed by atoms with E-state index in [4.69, 9.17) is 0 Å². The highest BCUT2D eigenvalue weighted by Crippen LogP contribution is 2.25. The van der Waals surface area contributed by atoms with E-state index in [0.717, 1.165) is 0 Å². The van der Waals surface area contributed by atoms with Crippen molar-refractivity contribution < 1.29 is 0 Å². The second-order valence-corrected chi connectivity index (χ2v) is 6.17. The average molecular weight is 278 g/mol. The highest BCUT2D eigenvalue weighted by Gasteiger charge is 2.17. The Bertz CT molecular complexity index is 675. The van der Waals surface area contributed by atoms with Gasteiger partial charge >= 0.3 is 0 Å². The van der Waals surface area contributed by atoms with E-state index in [0.29, 0.717) is 0 Å². The molecule has 0 aromatic heterocycles. The number of hydrogen-bond acceptors (Lipinski definition) is 2. The molecular formula is C19H22N2. The van der Waals surface area contributed by atoms with E-state index in [1.54, 1.807) is 11.1 Å². The molecule has 3 aliphatic rings. The second-order valence-electron chi connectivity index (χ2n) is 6.17. The van der Waals surface area contributed by atoms with E-state index in [1.807, 2.05) is 0 Å². The second kappa shape index (κ2) is 5.44. The molecule has 0 unspecified atom stereocenters. The van der Waals surface area contributed by atoms with Crippen molar-refractivity contribution in [3.8, 4) is 0 Å². The summed E-state index contributed by atoms with van der Waals surface area (Å²) in [6.07, 6.45) is 22.2. The summed E-state index contributed by atoms with van der Waals surface area (Å²) >= 11 is 0. The van der Waals surface area contributed by atoms with Gasteiger partial charge in [0.2, 0.25) is 0 Å². The molecule has 21 heavy (non-hydrogen) atoms. The van der Waals surface area contributed by atoms with Crippen LogP contribution in [0.1, 0.15) is 54.4 Å². The number of benzene rings is 1. The van der Waals surface area contributed by atoms with E-state index in [1.165, 1.54) is 66.5 Å². The lowest BCUT2D eigenvalue weighted by Crippen LogP contribution is -2.38. The van der Waals surface area contributed by atoms with Crippen LogP contribution < -0.4 is 21.1 Å². The zero-order valence-electron chi connectivity index (χ0n) is 12.4. The molecule has 0 amide bonds. The Morgan fingerprint density at radius 3 is 1.62 bits per heavy atom. The van der Waals surface area contributed by atoms with Crippen molar-refractivity contribution >= 4 is 24.6 Å². The zero-order chi connectivity index (χ0) is 14.1. The topological polar surface area (TPSA) is 24.1 Å². The maximum Gasteiger partial charge on any atom is 0.00905 e. The van der Waals surface area contributed by atoms with Crippen molar-refractivity contribution in [2.24, 2.45) is 0 Å². The number of rotatable bonds is 0. The first-order chi connectivity index (χ1) is 10.4. The van der Waals surface area contributed by atoms with E-state index >= 15 is 0 Å². The summed E-state index contributed by atoms with van der Waals surface area (Å²) in [4.78, 5) is 0. The van der Waals surface area contributed by atoms with Gasteiger partial charge in [-0.1, -0.05) is 19.3 Å². The van der Waals surface area contributed by atoms with Crippen molar-refractivity contribution in [2.45, 2.75) is 44.9 Å². The molecule has 1 aromatic rings. The van der Waals surface area contributed by atoms with Crippen LogP contribution in [-0.4, -0.2) is 0 Å². The third-order valence-electron chi connectivity index (χ3n) is 4.89. The van der Waals surface area contributed by atoms with Crippen LogP contribution in [0.25, 0.3) is 24.6 Å². The predicted octanol–water partition coefficient (Wildman–Crippen LogP) is 2.36. The minimum absolute atomic E-state index is 1.23. The molecule has 2 heteroatoms. The van der Waals surface area contributed by atoms with Crippen LogP contribution in [-0.2, 0) is 12.8 Å². The van der Waals surface area contributed by atoms with Crippen LogP contribution >= 0.6 is 0 Å². The summed E-state index contributed by atoms with van der Waals surface area (Å²) in [5, 5.41) is 9.22. The molecule has 2 nitrogen and oxygen atoms in total. The first kappa shape index (κ1) is 12.8. The largest absolute Gasteiger partial charge is 0.367 e. The fourth-order valence-corrected chi connectivity index (χ4v) is 3.86. The zero-order valence-corrected chi connectivity index (χ0v) is 12.4. The molecule has 0 bridgehead atoms. The van der Waals surface area contributed by atoms with Gasteiger partial charge in [0.05, 0.1) is 0 Å². The summed E-state index contributed by atoms with van der Waals surface area (Å²) in [6, 6.07) is 0. The maximum absolute atomic E-state index is 3.26. The number of hydrogen-bond donors (Lipinski definition) is 2. The first-order valence-electron chi connectivity index (χ1n) is 8.18. The Labute approximate surface area is 125 Å². The Kier molecular flexibility index (Phi) is 3.30. The van der Waals surface area contributed by atoms with E-state index < -0.39 is 0 Å². The molecule has 2 N–H and O–H groups in total. The highest BCUT2D eigenvalue weighted by molar-refractivity contribution is 5.70. The maximum atomic E-state index is 3.26. The lowest BCUT2D eigenvalue weighted by Gasteiger charge is -2.20. The third-order valence-corrected chi connectivity index (χ3v) is 4.89. The van der Waals surface area contributed by atoms with Gasteiger partial charge in [0.15, 0.2) is 0 Å². The lowest BCUT2D eigenvalue weighted by molar-refractivity contribution is 0.629. The summed E-state index contributed by atoms with van der Waals surface area (Å²) in [6.45, 7) is 0. The van der Waals surface area contributed by atoms with Crippen LogP contribution in [0.3, 0.4) is 0 Å². The smallest absolute Gasteiger partial charge is 0.00905 e. The first-order valence-corrected chi connectivity index (χ1v) is 8.18. The molecule has 0 saturated heterocycles. The number of nitrogens with one attached hydrogen (secondary N) is 2. The Hall–Kier alpha value is -1.96. The molecule has 0 fully saturated rings. The van der Waals surface area contributed by atoms with Gasteiger partial charge in [-0.05, 0) is 60.1 Å². The van der Waals surface area contributed by atoms with Crippen molar-refractivity contribution in [1.82, 2.24) is 10.6 Å². The Balaban J connectivity index is 2.03. The van der Waals surface area contributed by atoms with Crippen LogP contribution in [0.4, 0.5) is 0 Å². The van der Waals surface area contributed by atoms with Crippen molar-refractivity contribution in [2.75, 3.05) is 0 Å². The summed E-state index contributed by atoms with van der Waals surface area (Å²) < 4.78 is 0. The van der Waals surface area contributed by atoms with E-state index in [-0.39, 0.29) is 0 Å². The minimum Gasteiger partial charge on any atom is -0.367 e. The lowest BCUT2D eigenvalue weighted by atomic mass is 9.86. The minimum atomic E-state index is 1.23. The summed E-state index contributed by atoms with van der Waals surface area (Å²) in [5.41, 5.74) is 6.08. The van der Waals surface area contributed by atoms with E-state index in [9.17, 15) is 0 Å². The normalized spacial score (nSPS) is 19.2. The number of fused-ring (bicyclic) bond motifs is 6. The molecule has 2 aliphatic heterocycles. The van der Waals surface area contributed by atoms with Crippen molar-refractivity contribution in [1.29, 1.82) is 0 Å². The van der Waals surface area contributed by atoms with E-state index in [2.05, 4.69) is 47.6 Å². The molecule has 0 radical (unpaired) electrons. The van der Waals surface area contributed by atoms with Crippen LogP contribution in [0.5, 0.6) is 0 Å². The van der Waals surface area contributed by atoms with Crippen molar-refractivity contribution in [3.63, 3.8) is 0 Å². The fraction of sp³-hybridized carbons (Fsp3) is 0.368. The van der Waals surface area contributed by atoms with Gasteiger partial charge < -0.3 is 10.6 Å². The van der Waals surface area contributed by atoms with Gasteiger partial charge in [-0.3, -0.25) is 0 Å². The Morgan fingerprint density at radius 1 is 0.619 bits per heavy atom. The van der Waals surface area contributed by atoms with Gasteiger partial charge in [0.25, 0.3) is 0 Å². The van der Waals surface area contributed by atoms with Crippen LogP contribution in [0.2, 0.25) is 0 Å². The molecule has 0 atom stereocenters. The molecule has 0 saturated carbocycles. The third kappa shape index (κ3) is 2.19.